The highest BCUT2D eigenvalue weighted by molar-refractivity contribution is 5.94. The van der Waals surface area contributed by atoms with Crippen molar-refractivity contribution >= 4 is 12.0 Å². The van der Waals surface area contributed by atoms with E-state index in [0.29, 0.717) is 58.2 Å². The summed E-state index contributed by atoms with van der Waals surface area (Å²) in [5, 5.41) is 5.32. The molecule has 1 aromatic carbocycles. The Labute approximate surface area is 148 Å². The molecule has 0 heterocycles. The topological polar surface area (TPSA) is 112 Å². The highest BCUT2D eigenvalue weighted by atomic mass is 16.5. The van der Waals surface area contributed by atoms with Crippen molar-refractivity contribution in [2.45, 2.75) is 13.5 Å². The molecule has 8 nitrogen and oxygen atoms in total. The van der Waals surface area contributed by atoms with Crippen molar-refractivity contribution in [3.63, 3.8) is 0 Å². The molecule has 0 spiro atoms. The SMILES string of the molecule is CCOC(=O)NCCOCCOCCNC(=O)c1ccc(CN)cc1. The lowest BCUT2D eigenvalue weighted by Crippen LogP contribution is -2.29. The summed E-state index contributed by atoms with van der Waals surface area (Å²) in [6, 6.07) is 7.16. The summed E-state index contributed by atoms with van der Waals surface area (Å²) >= 11 is 0. The number of ether oxygens (including phenoxy) is 3. The second-order valence-corrected chi connectivity index (χ2v) is 5.03. The van der Waals surface area contributed by atoms with Crippen LogP contribution in [0.5, 0.6) is 0 Å². The number of nitrogens with one attached hydrogen (secondary N) is 2. The first kappa shape index (κ1) is 20.9. The van der Waals surface area contributed by atoms with Gasteiger partial charge in [-0.15, -0.1) is 0 Å². The molecule has 0 aliphatic heterocycles. The molecule has 0 aliphatic rings. The minimum absolute atomic E-state index is 0.145. The molecule has 4 N–H and O–H groups in total. The molecule has 0 radical (unpaired) electrons. The van der Waals surface area contributed by atoms with Crippen LogP contribution in [0.2, 0.25) is 0 Å². The number of carbonyl (C=O) groups excluding carboxylic acids is 2. The Morgan fingerprint density at radius 3 is 2.12 bits per heavy atom. The lowest BCUT2D eigenvalue weighted by molar-refractivity contribution is 0.0488. The maximum Gasteiger partial charge on any atom is 0.407 e. The third-order valence-corrected chi connectivity index (χ3v) is 3.15. The van der Waals surface area contributed by atoms with Crippen LogP contribution in [0, 0.1) is 0 Å². The van der Waals surface area contributed by atoms with Crippen LogP contribution in [0.25, 0.3) is 0 Å². The number of nitrogens with two attached hydrogens (primary N) is 1. The Morgan fingerprint density at radius 2 is 1.56 bits per heavy atom. The molecule has 0 saturated heterocycles. The van der Waals surface area contributed by atoms with E-state index in [1.54, 1.807) is 19.1 Å². The molecular formula is C17H27N3O5. The van der Waals surface area contributed by atoms with Crippen molar-refractivity contribution in [3.05, 3.63) is 35.4 Å². The molecule has 0 aliphatic carbocycles. The normalized spacial score (nSPS) is 10.3. The molecule has 1 rings (SSSR count). The molecular weight excluding hydrogens is 326 g/mol. The van der Waals surface area contributed by atoms with Crippen LogP contribution in [0.4, 0.5) is 4.79 Å². The number of benzene rings is 1. The highest BCUT2D eigenvalue weighted by Crippen LogP contribution is 2.03. The lowest BCUT2D eigenvalue weighted by Gasteiger charge is -2.08. The minimum Gasteiger partial charge on any atom is -0.450 e. The second kappa shape index (κ2) is 13.2. The first-order chi connectivity index (χ1) is 12.2. The average molecular weight is 353 g/mol. The third kappa shape index (κ3) is 9.65. The molecule has 2 amide bonds. The van der Waals surface area contributed by atoms with Gasteiger partial charge in [0.15, 0.2) is 0 Å². The van der Waals surface area contributed by atoms with Crippen LogP contribution in [-0.4, -0.2) is 58.1 Å². The van der Waals surface area contributed by atoms with E-state index in [1.807, 2.05) is 12.1 Å². The Morgan fingerprint density at radius 1 is 0.960 bits per heavy atom. The fourth-order valence-electron chi connectivity index (χ4n) is 1.86. The van der Waals surface area contributed by atoms with Crippen molar-refractivity contribution in [1.29, 1.82) is 0 Å². The summed E-state index contributed by atoms with van der Waals surface area (Å²) in [6.07, 6.45) is -0.448. The van der Waals surface area contributed by atoms with E-state index in [9.17, 15) is 9.59 Å². The van der Waals surface area contributed by atoms with E-state index >= 15 is 0 Å². The van der Waals surface area contributed by atoms with Gasteiger partial charge in [0.25, 0.3) is 5.91 Å². The van der Waals surface area contributed by atoms with Crippen LogP contribution < -0.4 is 16.4 Å². The zero-order valence-corrected chi connectivity index (χ0v) is 14.6. The number of hydrogen-bond acceptors (Lipinski definition) is 6. The Bertz CT molecular complexity index is 508. The second-order valence-electron chi connectivity index (χ2n) is 5.03. The molecule has 0 aromatic heterocycles. The molecule has 1 aromatic rings. The maximum absolute atomic E-state index is 11.9. The van der Waals surface area contributed by atoms with E-state index in [-0.39, 0.29) is 5.91 Å². The van der Waals surface area contributed by atoms with Gasteiger partial charge in [-0.25, -0.2) is 4.79 Å². The van der Waals surface area contributed by atoms with E-state index in [4.69, 9.17) is 19.9 Å². The van der Waals surface area contributed by atoms with Crippen molar-refractivity contribution in [2.24, 2.45) is 5.73 Å². The van der Waals surface area contributed by atoms with Gasteiger partial charge in [-0.2, -0.15) is 0 Å². The number of amides is 2. The Kier molecular flexibility index (Phi) is 11.0. The molecule has 0 fully saturated rings. The molecule has 0 atom stereocenters. The first-order valence-corrected chi connectivity index (χ1v) is 8.30. The zero-order chi connectivity index (χ0) is 18.3. The largest absolute Gasteiger partial charge is 0.450 e. The van der Waals surface area contributed by atoms with Gasteiger partial charge >= 0.3 is 6.09 Å². The van der Waals surface area contributed by atoms with Gasteiger partial charge in [-0.05, 0) is 24.6 Å². The lowest BCUT2D eigenvalue weighted by atomic mass is 10.1. The van der Waals surface area contributed by atoms with Crippen molar-refractivity contribution in [2.75, 3.05) is 46.1 Å². The molecule has 8 heteroatoms. The molecule has 0 unspecified atom stereocenters. The highest BCUT2D eigenvalue weighted by Gasteiger charge is 2.04. The summed E-state index contributed by atoms with van der Waals surface area (Å²) < 4.78 is 15.3. The summed E-state index contributed by atoms with van der Waals surface area (Å²) in [6.45, 7) is 4.97. The van der Waals surface area contributed by atoms with E-state index in [0.717, 1.165) is 5.56 Å². The first-order valence-electron chi connectivity index (χ1n) is 8.30. The standard InChI is InChI=1S/C17H27N3O5/c1-2-25-17(22)20-8-10-24-12-11-23-9-7-19-16(21)15-5-3-14(13-18)4-6-15/h3-6H,2,7-13,18H2,1H3,(H,19,21)(H,20,22). The number of hydrogen-bond donors (Lipinski definition) is 3. The summed E-state index contributed by atoms with van der Waals surface area (Å²) in [5.41, 5.74) is 7.09. The van der Waals surface area contributed by atoms with Gasteiger partial charge < -0.3 is 30.6 Å². The number of rotatable bonds is 12. The molecule has 0 saturated carbocycles. The summed E-state index contributed by atoms with van der Waals surface area (Å²) in [7, 11) is 0. The minimum atomic E-state index is -0.448. The predicted molar refractivity (Wildman–Crippen MR) is 93.3 cm³/mol. The van der Waals surface area contributed by atoms with Crippen molar-refractivity contribution < 1.29 is 23.8 Å². The van der Waals surface area contributed by atoms with Crippen molar-refractivity contribution in [3.8, 4) is 0 Å². The van der Waals surface area contributed by atoms with Crippen LogP contribution in [-0.2, 0) is 20.8 Å². The van der Waals surface area contributed by atoms with Crippen molar-refractivity contribution in [1.82, 2.24) is 10.6 Å². The van der Waals surface area contributed by atoms with Gasteiger partial charge in [-0.3, -0.25) is 4.79 Å². The molecule has 140 valence electrons. The zero-order valence-electron chi connectivity index (χ0n) is 14.6. The van der Waals surface area contributed by atoms with Gasteiger partial charge in [0.05, 0.1) is 33.0 Å². The van der Waals surface area contributed by atoms with Gasteiger partial charge in [-0.1, -0.05) is 12.1 Å². The third-order valence-electron chi connectivity index (χ3n) is 3.15. The fraction of sp³-hybridized carbons (Fsp3) is 0.529. The Balaban J connectivity index is 1.96. The smallest absolute Gasteiger partial charge is 0.407 e. The van der Waals surface area contributed by atoms with E-state index in [1.165, 1.54) is 0 Å². The summed E-state index contributed by atoms with van der Waals surface area (Å²) in [4.78, 5) is 22.9. The summed E-state index contributed by atoms with van der Waals surface area (Å²) in [5.74, 6) is -0.145. The van der Waals surface area contributed by atoms with Crippen LogP contribution in [0.3, 0.4) is 0 Å². The average Bonchev–Trinajstić information content (AvgIpc) is 2.63. The maximum atomic E-state index is 11.9. The quantitative estimate of drug-likeness (QED) is 0.476. The van der Waals surface area contributed by atoms with Crippen LogP contribution >= 0.6 is 0 Å². The van der Waals surface area contributed by atoms with Gasteiger partial charge in [0.1, 0.15) is 0 Å². The van der Waals surface area contributed by atoms with E-state index < -0.39 is 6.09 Å². The van der Waals surface area contributed by atoms with E-state index in [2.05, 4.69) is 10.6 Å². The predicted octanol–water partition coefficient (Wildman–Crippen LogP) is 0.654. The fourth-order valence-corrected chi connectivity index (χ4v) is 1.86. The molecule has 0 bridgehead atoms. The molecule has 25 heavy (non-hydrogen) atoms. The number of alkyl carbamates (subject to hydrolysis) is 1. The number of carbonyl (C=O) groups is 2. The van der Waals surface area contributed by atoms with Gasteiger partial charge in [0.2, 0.25) is 0 Å². The van der Waals surface area contributed by atoms with Gasteiger partial charge in [0, 0.05) is 25.2 Å². The van der Waals surface area contributed by atoms with Crippen LogP contribution in [0.15, 0.2) is 24.3 Å². The van der Waals surface area contributed by atoms with Crippen LogP contribution in [0.1, 0.15) is 22.8 Å². The monoisotopic (exact) mass is 353 g/mol. The Hall–Kier alpha value is -2.16.